The van der Waals surface area contributed by atoms with Gasteiger partial charge in [-0.25, -0.2) is 4.79 Å². The van der Waals surface area contributed by atoms with Gasteiger partial charge in [0.2, 0.25) is 11.8 Å². The molecule has 0 aliphatic rings. The van der Waals surface area contributed by atoms with Gasteiger partial charge >= 0.3 is 5.97 Å². The Hall–Kier alpha value is -2.35. The minimum atomic E-state index is -0.956. The lowest BCUT2D eigenvalue weighted by molar-refractivity contribution is 0.0701. The molecule has 0 unspecified atom stereocenters. The number of aromatic nitrogens is 2. The molecule has 7 nitrogen and oxygen atoms in total. The predicted molar refractivity (Wildman–Crippen MR) is 79.3 cm³/mol. The Morgan fingerprint density at radius 1 is 1.29 bits per heavy atom. The van der Waals surface area contributed by atoms with E-state index in [4.69, 9.17) is 16.6 Å². The first kappa shape index (κ1) is 15.0. The Kier molecular flexibility index (Phi) is 4.59. The molecule has 0 fully saturated rings. The smallest absolute Gasteiger partial charge is 0.346 e. The van der Waals surface area contributed by atoms with Crippen LogP contribution in [-0.2, 0) is 12.8 Å². The Bertz CT molecular complexity index is 634. The van der Waals surface area contributed by atoms with Gasteiger partial charge in [0.1, 0.15) is 10.7 Å². The van der Waals surface area contributed by atoms with E-state index in [1.807, 2.05) is 0 Å². The SMILES string of the molecule is Nc1nc(N)c(CCCCc2[c]c(C(=O)O)sc2)c(O)n1. The molecule has 0 bridgehead atoms. The standard InChI is InChI=1S/C13H15N4O3S/c14-10-8(11(18)17-13(15)16-10)4-2-1-3-7-5-9(12(19)20)21-6-7/h6H,1-4H2,(H,19,20)(H5,14,15,16,17,18). The van der Waals surface area contributed by atoms with Crippen LogP contribution in [-0.4, -0.2) is 26.2 Å². The van der Waals surface area contributed by atoms with Crippen LogP contribution in [0.4, 0.5) is 11.8 Å². The summed E-state index contributed by atoms with van der Waals surface area (Å²) in [6, 6.07) is 2.85. The van der Waals surface area contributed by atoms with E-state index in [1.54, 1.807) is 5.38 Å². The van der Waals surface area contributed by atoms with Gasteiger partial charge in [-0.05, 0) is 36.6 Å². The molecule has 21 heavy (non-hydrogen) atoms. The molecule has 0 saturated heterocycles. The van der Waals surface area contributed by atoms with Crippen LogP contribution in [0.25, 0.3) is 0 Å². The van der Waals surface area contributed by atoms with Crippen LogP contribution in [0.2, 0.25) is 0 Å². The van der Waals surface area contributed by atoms with Crippen LogP contribution in [0.15, 0.2) is 5.38 Å². The number of thiophene rings is 1. The minimum Gasteiger partial charge on any atom is -0.493 e. The van der Waals surface area contributed by atoms with Gasteiger partial charge in [0.15, 0.2) is 0 Å². The summed E-state index contributed by atoms with van der Waals surface area (Å²) in [7, 11) is 0. The maximum atomic E-state index is 10.7. The number of unbranched alkanes of at least 4 members (excludes halogenated alkanes) is 1. The highest BCUT2D eigenvalue weighted by molar-refractivity contribution is 7.12. The van der Waals surface area contributed by atoms with Gasteiger partial charge in [0, 0.05) is 6.07 Å². The lowest BCUT2D eigenvalue weighted by Gasteiger charge is -2.07. The topological polar surface area (TPSA) is 135 Å². The number of nitrogen functional groups attached to an aromatic ring is 2. The third-order valence-electron chi connectivity index (χ3n) is 2.94. The van der Waals surface area contributed by atoms with E-state index in [9.17, 15) is 9.90 Å². The molecule has 0 aliphatic carbocycles. The molecule has 2 rings (SSSR count). The highest BCUT2D eigenvalue weighted by atomic mass is 32.1. The second-order valence-electron chi connectivity index (χ2n) is 4.50. The van der Waals surface area contributed by atoms with Crippen LogP contribution >= 0.6 is 11.3 Å². The fraction of sp³-hybridized carbons (Fsp3) is 0.308. The minimum absolute atomic E-state index is 0.0529. The molecular formula is C13H15N4O3S. The highest BCUT2D eigenvalue weighted by Crippen LogP contribution is 2.23. The second-order valence-corrected chi connectivity index (χ2v) is 5.38. The number of carbonyl (C=O) groups is 1. The van der Waals surface area contributed by atoms with Crippen molar-refractivity contribution in [2.75, 3.05) is 11.5 Å². The molecule has 2 aromatic rings. The van der Waals surface area contributed by atoms with Gasteiger partial charge in [0.05, 0.1) is 5.56 Å². The van der Waals surface area contributed by atoms with Gasteiger partial charge in [-0.3, -0.25) is 0 Å². The fourth-order valence-electron chi connectivity index (χ4n) is 1.92. The average Bonchev–Trinajstić information content (AvgIpc) is 2.85. The average molecular weight is 307 g/mol. The molecule has 0 saturated carbocycles. The number of carboxylic acid groups (broad SMARTS) is 1. The van der Waals surface area contributed by atoms with Crippen molar-refractivity contribution in [3.05, 3.63) is 27.5 Å². The van der Waals surface area contributed by atoms with Gasteiger partial charge in [-0.2, -0.15) is 9.97 Å². The molecule has 0 amide bonds. The van der Waals surface area contributed by atoms with Crippen LogP contribution < -0.4 is 11.5 Å². The third kappa shape index (κ3) is 3.82. The molecule has 0 aliphatic heterocycles. The normalized spacial score (nSPS) is 10.7. The predicted octanol–water partition coefficient (Wildman–Crippen LogP) is 1.47. The summed E-state index contributed by atoms with van der Waals surface area (Å²) in [5, 5.41) is 20.3. The van der Waals surface area contributed by atoms with Crippen LogP contribution in [0.3, 0.4) is 0 Å². The summed E-state index contributed by atoms with van der Waals surface area (Å²) in [6.07, 6.45) is 2.83. The van der Waals surface area contributed by atoms with E-state index in [0.717, 1.165) is 24.8 Å². The van der Waals surface area contributed by atoms with E-state index in [-0.39, 0.29) is 22.5 Å². The Balaban J connectivity index is 1.86. The number of carboxylic acids is 1. The lowest BCUT2D eigenvalue weighted by atomic mass is 10.1. The first-order chi connectivity index (χ1) is 9.97. The number of nitrogens with zero attached hydrogens (tertiary/aromatic N) is 2. The Morgan fingerprint density at radius 2 is 2.00 bits per heavy atom. The molecule has 111 valence electrons. The van der Waals surface area contributed by atoms with Gasteiger partial charge in [-0.1, -0.05) is 0 Å². The zero-order valence-electron chi connectivity index (χ0n) is 11.2. The quantitative estimate of drug-likeness (QED) is 0.593. The molecular weight excluding hydrogens is 292 g/mol. The molecule has 6 N–H and O–H groups in total. The maximum absolute atomic E-state index is 10.7. The number of anilines is 2. The summed E-state index contributed by atoms with van der Waals surface area (Å²) in [5.74, 6) is -1.00. The molecule has 0 aromatic carbocycles. The van der Waals surface area contributed by atoms with Crippen LogP contribution in [0.1, 0.15) is 33.6 Å². The number of aromatic hydroxyl groups is 1. The summed E-state index contributed by atoms with van der Waals surface area (Å²) in [4.78, 5) is 18.4. The first-order valence-corrected chi connectivity index (χ1v) is 7.19. The zero-order chi connectivity index (χ0) is 15.4. The summed E-state index contributed by atoms with van der Waals surface area (Å²) in [5.41, 5.74) is 12.4. The molecule has 2 aromatic heterocycles. The Labute approximate surface area is 125 Å². The third-order valence-corrected chi connectivity index (χ3v) is 3.86. The number of hydrogen-bond acceptors (Lipinski definition) is 7. The first-order valence-electron chi connectivity index (χ1n) is 6.31. The Morgan fingerprint density at radius 3 is 2.62 bits per heavy atom. The molecule has 8 heteroatoms. The zero-order valence-corrected chi connectivity index (χ0v) is 12.0. The highest BCUT2D eigenvalue weighted by Gasteiger charge is 2.11. The van der Waals surface area contributed by atoms with Gasteiger partial charge in [-0.15, -0.1) is 11.3 Å². The van der Waals surface area contributed by atoms with Crippen molar-refractivity contribution < 1.29 is 15.0 Å². The van der Waals surface area contributed by atoms with Crippen molar-refractivity contribution in [1.82, 2.24) is 9.97 Å². The summed E-state index contributed by atoms with van der Waals surface area (Å²) >= 11 is 1.17. The molecule has 1 radical (unpaired) electrons. The van der Waals surface area contributed by atoms with Crippen molar-refractivity contribution in [3.8, 4) is 5.88 Å². The maximum Gasteiger partial charge on any atom is 0.346 e. The van der Waals surface area contributed by atoms with E-state index in [2.05, 4.69) is 16.0 Å². The largest absolute Gasteiger partial charge is 0.493 e. The van der Waals surface area contributed by atoms with Crippen LogP contribution in [0, 0.1) is 6.07 Å². The van der Waals surface area contributed by atoms with Crippen molar-refractivity contribution in [3.63, 3.8) is 0 Å². The van der Waals surface area contributed by atoms with Crippen molar-refractivity contribution >= 4 is 29.1 Å². The number of nitrogens with two attached hydrogens (primary N) is 2. The fourth-order valence-corrected chi connectivity index (χ4v) is 2.65. The summed E-state index contributed by atoms with van der Waals surface area (Å²) < 4.78 is 0. The number of rotatable bonds is 6. The van der Waals surface area contributed by atoms with E-state index in [0.29, 0.717) is 12.0 Å². The lowest BCUT2D eigenvalue weighted by Crippen LogP contribution is -2.04. The number of hydrogen-bond donors (Lipinski definition) is 4. The van der Waals surface area contributed by atoms with Crippen molar-refractivity contribution in [1.29, 1.82) is 0 Å². The van der Waals surface area contributed by atoms with Crippen LogP contribution in [0.5, 0.6) is 5.88 Å². The number of aryl methyl sites for hydroxylation is 1. The van der Waals surface area contributed by atoms with Gasteiger partial charge < -0.3 is 21.7 Å². The van der Waals surface area contributed by atoms with E-state index >= 15 is 0 Å². The van der Waals surface area contributed by atoms with Crippen molar-refractivity contribution in [2.24, 2.45) is 0 Å². The van der Waals surface area contributed by atoms with E-state index < -0.39 is 5.97 Å². The second kappa shape index (κ2) is 6.40. The molecule has 0 spiro atoms. The molecule has 2 heterocycles. The number of aromatic carboxylic acids is 1. The van der Waals surface area contributed by atoms with E-state index in [1.165, 1.54) is 11.3 Å². The van der Waals surface area contributed by atoms with Crippen molar-refractivity contribution in [2.45, 2.75) is 25.7 Å². The summed E-state index contributed by atoms with van der Waals surface area (Å²) in [6.45, 7) is 0. The monoisotopic (exact) mass is 307 g/mol. The molecule has 0 atom stereocenters. The van der Waals surface area contributed by atoms with Gasteiger partial charge in [0.25, 0.3) is 0 Å².